The zero-order valence-corrected chi connectivity index (χ0v) is 12.0. The van der Waals surface area contributed by atoms with Gasteiger partial charge in [0.05, 0.1) is 11.1 Å². The molecule has 23 heavy (non-hydrogen) atoms. The van der Waals surface area contributed by atoms with Crippen LogP contribution in [0.5, 0.6) is 0 Å². The predicted molar refractivity (Wildman–Crippen MR) is 69.0 cm³/mol. The second-order valence-electron chi connectivity index (χ2n) is 5.23. The van der Waals surface area contributed by atoms with E-state index in [1.807, 2.05) is 0 Å². The van der Waals surface area contributed by atoms with Crippen molar-refractivity contribution in [3.05, 3.63) is 34.9 Å². The molecule has 0 atom stereocenters. The molecule has 0 bridgehead atoms. The van der Waals surface area contributed by atoms with E-state index < -0.39 is 35.0 Å². The second kappa shape index (κ2) is 5.86. The lowest BCUT2D eigenvalue weighted by Crippen LogP contribution is -2.36. The molecule has 1 N–H and O–H groups in total. The normalized spacial score (nSPS) is 16.0. The van der Waals surface area contributed by atoms with Gasteiger partial charge in [-0.05, 0) is 18.2 Å². The van der Waals surface area contributed by atoms with Crippen LogP contribution in [0, 0.1) is 0 Å². The average molecular weight is 339 g/mol. The highest BCUT2D eigenvalue weighted by atomic mass is 19.4. The second-order valence-corrected chi connectivity index (χ2v) is 5.23. The first kappa shape index (κ1) is 17.3. The number of nitrogens with zero attached hydrogens (tertiary/aromatic N) is 1. The summed E-state index contributed by atoms with van der Waals surface area (Å²) in [5.41, 5.74) is -0.599. The third-order valence-electron chi connectivity index (χ3n) is 3.47. The fourth-order valence-electron chi connectivity index (χ4n) is 2.24. The van der Waals surface area contributed by atoms with Crippen molar-refractivity contribution in [1.82, 2.24) is 5.43 Å². The summed E-state index contributed by atoms with van der Waals surface area (Å²) < 4.78 is 77.9. The van der Waals surface area contributed by atoms with Crippen LogP contribution in [0.4, 0.5) is 26.3 Å². The van der Waals surface area contributed by atoms with Gasteiger partial charge in [-0.15, -0.1) is 10.1 Å². The summed E-state index contributed by atoms with van der Waals surface area (Å²) in [6.45, 7) is 2.18. The Labute approximate surface area is 127 Å². The molecule has 0 fully saturated rings. The molecular formula is C14H13F6N2O+. The van der Waals surface area contributed by atoms with E-state index in [0.29, 0.717) is 25.1 Å². The number of carbonyl (C=O) groups excluding carboxylic acids is 1. The van der Waals surface area contributed by atoms with Crippen LogP contribution in [0.2, 0.25) is 0 Å². The van der Waals surface area contributed by atoms with Gasteiger partial charge >= 0.3 is 18.3 Å². The number of amides is 1. The van der Waals surface area contributed by atoms with Gasteiger partial charge in [0, 0.05) is 25.3 Å². The maximum Gasteiger partial charge on any atom is 0.416 e. The van der Waals surface area contributed by atoms with Crippen LogP contribution in [-0.4, -0.2) is 22.8 Å². The number of hydrogen-bond donors (Lipinski definition) is 1. The van der Waals surface area contributed by atoms with Crippen LogP contribution >= 0.6 is 0 Å². The number of alkyl halides is 6. The van der Waals surface area contributed by atoms with Crippen LogP contribution in [0.3, 0.4) is 0 Å². The smallest absolute Gasteiger partial charge is 0.264 e. The molecule has 1 aliphatic heterocycles. The van der Waals surface area contributed by atoms with Crippen molar-refractivity contribution in [3.8, 4) is 0 Å². The van der Waals surface area contributed by atoms with Crippen LogP contribution in [0.1, 0.15) is 41.3 Å². The van der Waals surface area contributed by atoms with Crippen molar-refractivity contribution in [3.63, 3.8) is 0 Å². The first-order chi connectivity index (χ1) is 10.5. The molecule has 126 valence electrons. The van der Waals surface area contributed by atoms with E-state index in [2.05, 4.69) is 5.43 Å². The Morgan fingerprint density at radius 2 is 1.57 bits per heavy atom. The van der Waals surface area contributed by atoms with Gasteiger partial charge in [0.1, 0.15) is 0 Å². The number of benzene rings is 1. The van der Waals surface area contributed by atoms with Gasteiger partial charge < -0.3 is 0 Å². The Morgan fingerprint density at radius 1 is 1.04 bits per heavy atom. The van der Waals surface area contributed by atoms with Crippen LogP contribution in [0.15, 0.2) is 18.2 Å². The fourth-order valence-corrected chi connectivity index (χ4v) is 2.24. The number of nitrogens with one attached hydrogen (secondary N) is 1. The van der Waals surface area contributed by atoms with Gasteiger partial charge in [-0.1, -0.05) is 0 Å². The summed E-state index contributed by atoms with van der Waals surface area (Å²) in [5.74, 6) is -1.01. The van der Waals surface area contributed by atoms with E-state index in [4.69, 9.17) is 0 Å². The van der Waals surface area contributed by atoms with Gasteiger partial charge in [0.2, 0.25) is 0 Å². The lowest BCUT2D eigenvalue weighted by Gasteiger charge is -2.13. The molecule has 0 aliphatic carbocycles. The summed E-state index contributed by atoms with van der Waals surface area (Å²) in [5, 5.41) is 0. The number of hydrazine groups is 1. The van der Waals surface area contributed by atoms with Gasteiger partial charge in [-0.25, -0.2) is 0 Å². The van der Waals surface area contributed by atoms with Crippen LogP contribution < -0.4 is 5.43 Å². The lowest BCUT2D eigenvalue weighted by atomic mass is 10.0. The monoisotopic (exact) mass is 339 g/mol. The van der Waals surface area contributed by atoms with Crippen molar-refractivity contribution < 1.29 is 35.8 Å². The lowest BCUT2D eigenvalue weighted by molar-refractivity contribution is -0.565. The van der Waals surface area contributed by atoms with Gasteiger partial charge in [0.25, 0.3) is 0 Å². The summed E-state index contributed by atoms with van der Waals surface area (Å²) in [6, 6.07) is 0.815. The molecule has 9 heteroatoms. The number of hydrazone groups is 1. The Balaban J connectivity index is 2.41. The zero-order valence-electron chi connectivity index (χ0n) is 12.0. The maximum atomic E-state index is 12.8. The Hall–Kier alpha value is -2.06. The third kappa shape index (κ3) is 4.02. The van der Waals surface area contributed by atoms with Gasteiger partial charge in [-0.2, -0.15) is 26.3 Å². The van der Waals surface area contributed by atoms with E-state index in [1.54, 1.807) is 6.92 Å². The summed E-state index contributed by atoms with van der Waals surface area (Å²) >= 11 is 0. The standard InChI is InChI=1S/C14H12F6N2O/c1-8-3-2-4-22(8)21-12(23)9-5-10(13(15,16)17)7-11(6-9)14(18,19)20/h5-7H,2-4H2,1H3/p+1. The zero-order chi connectivity index (χ0) is 17.4. The number of halogens is 6. The SMILES string of the molecule is CC1=[N+](NC(=O)c2cc(C(F)(F)F)cc(C(F)(F)F)c2)CCC1. The highest BCUT2D eigenvalue weighted by molar-refractivity contribution is 5.94. The molecule has 0 spiro atoms. The maximum absolute atomic E-state index is 12.8. The van der Waals surface area contributed by atoms with Crippen LogP contribution in [-0.2, 0) is 12.4 Å². The van der Waals surface area contributed by atoms with E-state index in [0.717, 1.165) is 12.1 Å². The number of carbonyl (C=O) groups is 1. The van der Waals surface area contributed by atoms with Crippen molar-refractivity contribution >= 4 is 11.6 Å². The molecule has 0 saturated carbocycles. The van der Waals surface area contributed by atoms with Crippen molar-refractivity contribution in [1.29, 1.82) is 0 Å². The van der Waals surface area contributed by atoms with E-state index in [-0.39, 0.29) is 6.07 Å². The van der Waals surface area contributed by atoms with Crippen molar-refractivity contribution in [2.45, 2.75) is 32.1 Å². The predicted octanol–water partition coefficient (Wildman–Crippen LogP) is 3.64. The largest absolute Gasteiger partial charge is 0.416 e. The Bertz CT molecular complexity index is 628. The quantitative estimate of drug-likeness (QED) is 0.648. The van der Waals surface area contributed by atoms with Gasteiger partial charge in [-0.3, -0.25) is 4.79 Å². The molecule has 0 saturated heterocycles. The molecule has 3 nitrogen and oxygen atoms in total. The van der Waals surface area contributed by atoms with Gasteiger partial charge in [0.15, 0.2) is 12.3 Å². The summed E-state index contributed by atoms with van der Waals surface area (Å²) in [4.78, 5) is 12.0. The molecule has 1 aliphatic rings. The van der Waals surface area contributed by atoms with E-state index in [1.165, 1.54) is 4.68 Å². The molecule has 2 rings (SSSR count). The minimum Gasteiger partial charge on any atom is -0.264 e. The Kier molecular flexibility index (Phi) is 4.41. The van der Waals surface area contributed by atoms with Crippen molar-refractivity contribution in [2.24, 2.45) is 0 Å². The molecule has 1 heterocycles. The minimum absolute atomic E-state index is 0.00991. The first-order valence-corrected chi connectivity index (χ1v) is 6.69. The first-order valence-electron chi connectivity index (χ1n) is 6.69. The molecule has 1 aromatic carbocycles. The summed E-state index contributed by atoms with van der Waals surface area (Å²) in [6.07, 6.45) is -8.50. The highest BCUT2D eigenvalue weighted by Gasteiger charge is 2.38. The highest BCUT2D eigenvalue weighted by Crippen LogP contribution is 2.36. The average Bonchev–Trinajstić information content (AvgIpc) is 2.82. The number of hydrogen-bond acceptors (Lipinski definition) is 1. The minimum atomic E-state index is -4.98. The Morgan fingerprint density at radius 3 is 1.96 bits per heavy atom. The number of rotatable bonds is 2. The topological polar surface area (TPSA) is 32.1 Å². The molecule has 1 amide bonds. The molecule has 0 radical (unpaired) electrons. The molecule has 0 aromatic heterocycles. The molecular weight excluding hydrogens is 326 g/mol. The summed E-state index contributed by atoms with van der Waals surface area (Å²) in [7, 11) is 0. The third-order valence-corrected chi connectivity index (χ3v) is 3.47. The fraction of sp³-hybridized carbons (Fsp3) is 0.429. The molecule has 0 unspecified atom stereocenters. The van der Waals surface area contributed by atoms with E-state index in [9.17, 15) is 31.1 Å². The molecule has 1 aromatic rings. The van der Waals surface area contributed by atoms with E-state index >= 15 is 0 Å². The van der Waals surface area contributed by atoms with Crippen LogP contribution in [0.25, 0.3) is 0 Å². The van der Waals surface area contributed by atoms with Crippen molar-refractivity contribution in [2.75, 3.05) is 6.54 Å².